The fourth-order valence-electron chi connectivity index (χ4n) is 2.41. The Kier molecular flexibility index (Phi) is 3.48. The fraction of sp³-hybridized carbons (Fsp3) is 0.462. The summed E-state index contributed by atoms with van der Waals surface area (Å²) in [7, 11) is 2.02. The molecular weight excluding hydrogens is 220 g/mol. The van der Waals surface area contributed by atoms with Crippen molar-refractivity contribution >= 4 is 11.6 Å². The lowest BCUT2D eigenvalue weighted by molar-refractivity contribution is 0.201. The first-order valence-corrected chi connectivity index (χ1v) is 5.95. The third-order valence-electron chi connectivity index (χ3n) is 3.31. The molecule has 0 N–H and O–H groups in total. The first-order chi connectivity index (χ1) is 7.72. The van der Waals surface area contributed by atoms with Gasteiger partial charge < -0.3 is 0 Å². The van der Waals surface area contributed by atoms with E-state index in [1.54, 1.807) is 0 Å². The van der Waals surface area contributed by atoms with Crippen LogP contribution in [-0.4, -0.2) is 24.5 Å². The number of likely N-dealkylation sites (tertiary alicyclic amines) is 1. The van der Waals surface area contributed by atoms with E-state index in [2.05, 4.69) is 11.0 Å². The number of hydrogen-bond donors (Lipinski definition) is 0. The van der Waals surface area contributed by atoms with Crippen LogP contribution < -0.4 is 0 Å². The van der Waals surface area contributed by atoms with E-state index >= 15 is 0 Å². The molecule has 16 heavy (non-hydrogen) atoms. The Hall–Kier alpha value is -1.04. The second-order valence-electron chi connectivity index (χ2n) is 4.35. The molecule has 0 spiro atoms. The maximum atomic E-state index is 9.23. The summed E-state index contributed by atoms with van der Waals surface area (Å²) in [5.41, 5.74) is 1.22. The Labute approximate surface area is 101 Å². The highest BCUT2D eigenvalue weighted by atomic mass is 35.5. The van der Waals surface area contributed by atoms with Gasteiger partial charge in [-0.2, -0.15) is 5.26 Å². The highest BCUT2D eigenvalue weighted by Crippen LogP contribution is 2.32. The lowest BCUT2D eigenvalue weighted by atomic mass is 9.84. The van der Waals surface area contributed by atoms with Gasteiger partial charge in [0.05, 0.1) is 6.07 Å². The van der Waals surface area contributed by atoms with E-state index in [-0.39, 0.29) is 6.04 Å². The molecule has 1 fully saturated rings. The number of benzene rings is 1. The quantitative estimate of drug-likeness (QED) is 0.747. The summed E-state index contributed by atoms with van der Waals surface area (Å²) in [5, 5.41) is 9.98. The minimum Gasteiger partial charge on any atom is -0.291 e. The van der Waals surface area contributed by atoms with Gasteiger partial charge in [0.15, 0.2) is 0 Å². The summed E-state index contributed by atoms with van der Waals surface area (Å²) in [5.74, 6) is 0.320. The van der Waals surface area contributed by atoms with Crippen LogP contribution in [0.15, 0.2) is 24.3 Å². The van der Waals surface area contributed by atoms with Crippen LogP contribution >= 0.6 is 11.6 Å². The second kappa shape index (κ2) is 4.86. The molecule has 1 saturated heterocycles. The number of nitrogens with zero attached hydrogens (tertiary/aromatic N) is 2. The molecule has 3 heteroatoms. The molecule has 1 aliphatic heterocycles. The molecule has 1 aromatic carbocycles. The topological polar surface area (TPSA) is 27.0 Å². The number of piperidine rings is 1. The average Bonchev–Trinajstić information content (AvgIpc) is 2.30. The predicted molar refractivity (Wildman–Crippen MR) is 65.5 cm³/mol. The second-order valence-corrected chi connectivity index (χ2v) is 4.79. The molecule has 0 aromatic heterocycles. The molecule has 2 nitrogen and oxygen atoms in total. The van der Waals surface area contributed by atoms with Gasteiger partial charge in [0.25, 0.3) is 0 Å². The molecule has 0 saturated carbocycles. The van der Waals surface area contributed by atoms with Crippen molar-refractivity contribution in [3.05, 3.63) is 34.9 Å². The highest BCUT2D eigenvalue weighted by Gasteiger charge is 2.29. The molecule has 0 bridgehead atoms. The molecule has 1 aliphatic rings. The Balaban J connectivity index is 2.25. The Bertz CT molecular complexity index is 393. The largest absolute Gasteiger partial charge is 0.291 e. The van der Waals surface area contributed by atoms with Crippen LogP contribution in [0.5, 0.6) is 0 Å². The molecule has 0 radical (unpaired) electrons. The van der Waals surface area contributed by atoms with Gasteiger partial charge in [0.1, 0.15) is 6.04 Å². The van der Waals surface area contributed by atoms with Crippen LogP contribution in [0.2, 0.25) is 5.02 Å². The first-order valence-electron chi connectivity index (χ1n) is 5.57. The molecule has 2 atom stereocenters. The van der Waals surface area contributed by atoms with Crippen LogP contribution in [0.25, 0.3) is 0 Å². The van der Waals surface area contributed by atoms with Gasteiger partial charge in [0, 0.05) is 10.9 Å². The van der Waals surface area contributed by atoms with Gasteiger partial charge in [-0.1, -0.05) is 23.7 Å². The summed E-state index contributed by atoms with van der Waals surface area (Å²) >= 11 is 5.87. The van der Waals surface area contributed by atoms with Crippen LogP contribution in [0.4, 0.5) is 0 Å². The number of rotatable bonds is 1. The van der Waals surface area contributed by atoms with Crippen molar-refractivity contribution in [2.75, 3.05) is 13.6 Å². The zero-order chi connectivity index (χ0) is 11.5. The molecule has 0 aliphatic carbocycles. The third-order valence-corrected chi connectivity index (χ3v) is 3.56. The fourth-order valence-corrected chi connectivity index (χ4v) is 2.54. The molecular formula is C13H15ClN2. The van der Waals surface area contributed by atoms with Gasteiger partial charge in [-0.3, -0.25) is 4.90 Å². The third kappa shape index (κ3) is 2.21. The van der Waals surface area contributed by atoms with Gasteiger partial charge in [-0.15, -0.1) is 0 Å². The van der Waals surface area contributed by atoms with E-state index in [4.69, 9.17) is 11.6 Å². The molecule has 0 unspecified atom stereocenters. The Morgan fingerprint density at radius 3 is 2.69 bits per heavy atom. The number of halogens is 1. The van der Waals surface area contributed by atoms with Crippen LogP contribution in [0, 0.1) is 11.3 Å². The van der Waals surface area contributed by atoms with Gasteiger partial charge in [-0.05, 0) is 44.1 Å². The van der Waals surface area contributed by atoms with Crippen LogP contribution in [-0.2, 0) is 0 Å². The number of nitriles is 1. The SMILES string of the molecule is CN1CCC[C@H](c2ccc(Cl)cc2)[C@@H]1C#N. The molecule has 1 aromatic rings. The monoisotopic (exact) mass is 234 g/mol. The van der Waals surface area contributed by atoms with E-state index in [9.17, 15) is 5.26 Å². The predicted octanol–water partition coefficient (Wildman–Crippen LogP) is 3.04. The van der Waals surface area contributed by atoms with Crippen molar-refractivity contribution in [2.24, 2.45) is 0 Å². The maximum Gasteiger partial charge on any atom is 0.104 e. The normalized spacial score (nSPS) is 26.3. The molecule has 2 rings (SSSR count). The van der Waals surface area contributed by atoms with Crippen LogP contribution in [0.3, 0.4) is 0 Å². The molecule has 84 valence electrons. The zero-order valence-corrected chi connectivity index (χ0v) is 10.1. The summed E-state index contributed by atoms with van der Waals surface area (Å²) in [4.78, 5) is 2.14. The first kappa shape index (κ1) is 11.4. The highest BCUT2D eigenvalue weighted by molar-refractivity contribution is 6.30. The van der Waals surface area contributed by atoms with E-state index in [1.807, 2.05) is 31.3 Å². The van der Waals surface area contributed by atoms with Crippen molar-refractivity contribution in [1.29, 1.82) is 5.26 Å². The van der Waals surface area contributed by atoms with E-state index in [0.717, 1.165) is 24.4 Å². The standard InChI is InChI=1S/C13H15ClN2/c1-16-8-2-3-12(13(16)9-15)10-4-6-11(14)7-5-10/h4-7,12-13H,2-3,8H2,1H3/t12-,13+/m1/s1. The van der Waals surface area contributed by atoms with Gasteiger partial charge >= 0.3 is 0 Å². The summed E-state index contributed by atoms with van der Waals surface area (Å²) in [6.45, 7) is 1.02. The van der Waals surface area contributed by atoms with E-state index in [0.29, 0.717) is 5.92 Å². The van der Waals surface area contributed by atoms with E-state index < -0.39 is 0 Å². The Morgan fingerprint density at radius 1 is 1.38 bits per heavy atom. The minimum absolute atomic E-state index is 0.00470. The summed E-state index contributed by atoms with van der Waals surface area (Å²) < 4.78 is 0. The van der Waals surface area contributed by atoms with Crippen molar-refractivity contribution in [1.82, 2.24) is 4.90 Å². The van der Waals surface area contributed by atoms with Gasteiger partial charge in [0.2, 0.25) is 0 Å². The van der Waals surface area contributed by atoms with E-state index in [1.165, 1.54) is 5.56 Å². The van der Waals surface area contributed by atoms with Crippen molar-refractivity contribution in [3.63, 3.8) is 0 Å². The minimum atomic E-state index is -0.00470. The molecule has 0 amide bonds. The summed E-state index contributed by atoms with van der Waals surface area (Å²) in [6, 6.07) is 10.3. The zero-order valence-electron chi connectivity index (χ0n) is 9.36. The maximum absolute atomic E-state index is 9.23. The average molecular weight is 235 g/mol. The summed E-state index contributed by atoms with van der Waals surface area (Å²) in [6.07, 6.45) is 2.24. The number of hydrogen-bond acceptors (Lipinski definition) is 2. The van der Waals surface area contributed by atoms with Crippen molar-refractivity contribution in [3.8, 4) is 6.07 Å². The lowest BCUT2D eigenvalue weighted by Gasteiger charge is -2.35. The Morgan fingerprint density at radius 2 is 2.06 bits per heavy atom. The van der Waals surface area contributed by atoms with Crippen molar-refractivity contribution < 1.29 is 0 Å². The van der Waals surface area contributed by atoms with Gasteiger partial charge in [-0.25, -0.2) is 0 Å². The van der Waals surface area contributed by atoms with Crippen LogP contribution in [0.1, 0.15) is 24.3 Å². The lowest BCUT2D eigenvalue weighted by Crippen LogP contribution is -2.40. The molecule has 1 heterocycles. The van der Waals surface area contributed by atoms with Crippen molar-refractivity contribution in [2.45, 2.75) is 24.8 Å². The number of likely N-dealkylation sites (N-methyl/N-ethyl adjacent to an activating group) is 1. The smallest absolute Gasteiger partial charge is 0.104 e.